The number of rotatable bonds is 6. The fourth-order valence-electron chi connectivity index (χ4n) is 7.85. The zero-order valence-corrected chi connectivity index (χ0v) is 30.1. The van der Waals surface area contributed by atoms with Crippen molar-refractivity contribution in [2.75, 3.05) is 0 Å². The molecule has 0 aliphatic rings. The van der Waals surface area contributed by atoms with Crippen LogP contribution < -0.4 is 0 Å². The predicted octanol–water partition coefficient (Wildman–Crippen LogP) is 13.7. The van der Waals surface area contributed by atoms with Gasteiger partial charge in [-0.15, -0.1) is 0 Å². The highest BCUT2D eigenvalue weighted by atomic mass is 16.3. The molecule has 8 aromatic carbocycles. The predicted molar refractivity (Wildman–Crippen MR) is 227 cm³/mol. The van der Waals surface area contributed by atoms with E-state index in [1.165, 1.54) is 0 Å². The van der Waals surface area contributed by atoms with E-state index in [9.17, 15) is 0 Å². The Morgan fingerprint density at radius 3 is 1.59 bits per heavy atom. The first kappa shape index (κ1) is 31.9. The van der Waals surface area contributed by atoms with E-state index in [2.05, 4.69) is 127 Å². The van der Waals surface area contributed by atoms with E-state index in [0.717, 1.165) is 93.9 Å². The summed E-state index contributed by atoms with van der Waals surface area (Å²) in [5, 5.41) is 4.36. The normalized spacial score (nSPS) is 11.6. The first-order valence-corrected chi connectivity index (χ1v) is 18.7. The molecule has 5 heteroatoms. The summed E-state index contributed by atoms with van der Waals surface area (Å²) in [5.74, 6) is 1.79. The lowest BCUT2D eigenvalue weighted by atomic mass is 9.94. The van der Waals surface area contributed by atoms with Crippen LogP contribution in [0.5, 0.6) is 0 Å². The maximum atomic E-state index is 6.57. The molecule has 0 saturated carbocycles. The first-order valence-electron chi connectivity index (χ1n) is 18.7. The smallest absolute Gasteiger partial charge is 0.164 e. The van der Waals surface area contributed by atoms with Crippen molar-refractivity contribution >= 4 is 43.9 Å². The van der Waals surface area contributed by atoms with E-state index in [1.54, 1.807) is 0 Å². The third-order valence-corrected chi connectivity index (χ3v) is 10.5. The molecule has 0 aliphatic carbocycles. The monoisotopic (exact) mass is 717 g/mol. The molecule has 56 heavy (non-hydrogen) atoms. The molecule has 0 spiro atoms. The highest BCUT2D eigenvalue weighted by Crippen LogP contribution is 2.41. The maximum Gasteiger partial charge on any atom is 0.164 e. The summed E-state index contributed by atoms with van der Waals surface area (Å²) in [6, 6.07) is 64.6. The highest BCUT2D eigenvalue weighted by molar-refractivity contribution is 6.15. The van der Waals surface area contributed by atoms with Crippen LogP contribution in [0.25, 0.3) is 111 Å². The molecule has 0 amide bonds. The molecule has 3 aromatic heterocycles. The Hall–Kier alpha value is -7.63. The largest absolute Gasteiger partial charge is 0.456 e. The van der Waals surface area contributed by atoms with Crippen LogP contribution in [0.4, 0.5) is 0 Å². The summed E-state index contributed by atoms with van der Waals surface area (Å²) in [7, 11) is 0. The molecule has 11 rings (SSSR count). The average molecular weight is 718 g/mol. The van der Waals surface area contributed by atoms with Gasteiger partial charge in [0.1, 0.15) is 22.3 Å². The van der Waals surface area contributed by atoms with Gasteiger partial charge in [0.15, 0.2) is 17.5 Å². The van der Waals surface area contributed by atoms with E-state index < -0.39 is 0 Å². The minimum Gasteiger partial charge on any atom is -0.456 e. The van der Waals surface area contributed by atoms with Crippen LogP contribution in [0.15, 0.2) is 197 Å². The van der Waals surface area contributed by atoms with Gasteiger partial charge in [-0.2, -0.15) is 0 Å². The van der Waals surface area contributed by atoms with Crippen LogP contribution >= 0.6 is 0 Å². The number of furan rings is 2. The maximum absolute atomic E-state index is 6.57. The van der Waals surface area contributed by atoms with Gasteiger partial charge >= 0.3 is 0 Å². The molecule has 0 bridgehead atoms. The number of para-hydroxylation sites is 2. The number of hydrogen-bond acceptors (Lipinski definition) is 5. The lowest BCUT2D eigenvalue weighted by Crippen LogP contribution is -2.00. The Bertz CT molecular complexity index is 3250. The van der Waals surface area contributed by atoms with Crippen LogP contribution in [-0.2, 0) is 0 Å². The molecule has 0 radical (unpaired) electrons. The Morgan fingerprint density at radius 1 is 0.286 bits per heavy atom. The Kier molecular flexibility index (Phi) is 7.42. The molecular weight excluding hydrogens is 687 g/mol. The molecule has 0 fully saturated rings. The van der Waals surface area contributed by atoms with E-state index >= 15 is 0 Å². The Labute approximate surface area is 322 Å². The summed E-state index contributed by atoms with van der Waals surface area (Å²) in [5.41, 5.74) is 12.7. The van der Waals surface area contributed by atoms with E-state index in [0.29, 0.717) is 17.5 Å². The Morgan fingerprint density at radius 2 is 0.804 bits per heavy atom. The molecular formula is C51H31N3O2. The molecule has 0 saturated heterocycles. The molecule has 11 aromatic rings. The van der Waals surface area contributed by atoms with Gasteiger partial charge in [-0.05, 0) is 64.2 Å². The van der Waals surface area contributed by atoms with Crippen molar-refractivity contribution in [1.82, 2.24) is 15.0 Å². The van der Waals surface area contributed by atoms with Gasteiger partial charge < -0.3 is 8.83 Å². The minimum absolute atomic E-state index is 0.583. The standard InChI is InChI=1S/C51H31N3O2/c1-3-13-32(14-4-1)40-23-11-24-43-47-39(22-12-26-45(47)56-48(40)43)36-19-9-17-34(29-36)35-18-10-20-37(30-35)50-52-49(33-15-5-2-6-16-33)53-51(54-50)38-27-28-42-41-21-7-8-25-44(41)55-46(42)31-38/h1-31H. The van der Waals surface area contributed by atoms with Gasteiger partial charge in [0, 0.05) is 43.8 Å². The van der Waals surface area contributed by atoms with Gasteiger partial charge in [-0.3, -0.25) is 0 Å². The summed E-state index contributed by atoms with van der Waals surface area (Å²) in [6.07, 6.45) is 0. The number of aromatic nitrogens is 3. The van der Waals surface area contributed by atoms with Crippen molar-refractivity contribution in [3.63, 3.8) is 0 Å². The van der Waals surface area contributed by atoms with Crippen molar-refractivity contribution in [2.24, 2.45) is 0 Å². The van der Waals surface area contributed by atoms with Gasteiger partial charge in [-0.1, -0.05) is 152 Å². The summed E-state index contributed by atoms with van der Waals surface area (Å²) < 4.78 is 12.8. The van der Waals surface area contributed by atoms with Crippen LogP contribution in [0.3, 0.4) is 0 Å². The fourth-order valence-corrected chi connectivity index (χ4v) is 7.85. The number of hydrogen-bond donors (Lipinski definition) is 0. The number of benzene rings is 8. The van der Waals surface area contributed by atoms with Crippen LogP contribution in [0, 0.1) is 0 Å². The SMILES string of the molecule is c1ccc(-c2nc(-c3cccc(-c4cccc(-c5cccc6oc7c(-c8ccccc8)cccc7c56)c4)c3)nc(-c3ccc4c(c3)oc3ccccc34)n2)cc1. The molecule has 262 valence electrons. The third kappa shape index (κ3) is 5.45. The highest BCUT2D eigenvalue weighted by Gasteiger charge is 2.18. The van der Waals surface area contributed by atoms with Crippen LogP contribution in [-0.4, -0.2) is 15.0 Å². The minimum atomic E-state index is 0.583. The first-order chi connectivity index (χ1) is 27.7. The molecule has 0 unspecified atom stereocenters. The summed E-state index contributed by atoms with van der Waals surface area (Å²) in [6.45, 7) is 0. The third-order valence-electron chi connectivity index (χ3n) is 10.5. The van der Waals surface area contributed by atoms with Gasteiger partial charge in [0.05, 0.1) is 0 Å². The quantitative estimate of drug-likeness (QED) is 0.171. The van der Waals surface area contributed by atoms with Gasteiger partial charge in [-0.25, -0.2) is 15.0 Å². The second-order valence-electron chi connectivity index (χ2n) is 14.0. The van der Waals surface area contributed by atoms with Crippen LogP contribution in [0.2, 0.25) is 0 Å². The molecule has 3 heterocycles. The number of fused-ring (bicyclic) bond motifs is 6. The molecule has 0 aliphatic heterocycles. The van der Waals surface area contributed by atoms with Crippen LogP contribution in [0.1, 0.15) is 0 Å². The molecule has 0 N–H and O–H groups in total. The van der Waals surface area contributed by atoms with Gasteiger partial charge in [0.2, 0.25) is 0 Å². The molecule has 5 nitrogen and oxygen atoms in total. The van der Waals surface area contributed by atoms with Crippen molar-refractivity contribution in [3.05, 3.63) is 188 Å². The van der Waals surface area contributed by atoms with E-state index in [-0.39, 0.29) is 0 Å². The average Bonchev–Trinajstić information content (AvgIpc) is 3.85. The topological polar surface area (TPSA) is 65.0 Å². The van der Waals surface area contributed by atoms with E-state index in [1.807, 2.05) is 60.7 Å². The summed E-state index contributed by atoms with van der Waals surface area (Å²) >= 11 is 0. The zero-order valence-electron chi connectivity index (χ0n) is 30.1. The van der Waals surface area contributed by atoms with Crippen molar-refractivity contribution < 1.29 is 8.83 Å². The van der Waals surface area contributed by atoms with E-state index in [4.69, 9.17) is 23.8 Å². The molecule has 0 atom stereocenters. The second kappa shape index (κ2) is 13.0. The lowest BCUT2D eigenvalue weighted by molar-refractivity contribution is 0.669. The van der Waals surface area contributed by atoms with Crippen molar-refractivity contribution in [2.45, 2.75) is 0 Å². The fraction of sp³-hybridized carbons (Fsp3) is 0. The van der Waals surface area contributed by atoms with Crippen molar-refractivity contribution in [3.8, 4) is 67.5 Å². The van der Waals surface area contributed by atoms with Gasteiger partial charge in [0.25, 0.3) is 0 Å². The summed E-state index contributed by atoms with van der Waals surface area (Å²) in [4.78, 5) is 15.1. The van der Waals surface area contributed by atoms with Crippen molar-refractivity contribution in [1.29, 1.82) is 0 Å². The second-order valence-corrected chi connectivity index (χ2v) is 14.0. The zero-order chi connectivity index (χ0) is 37.0. The number of nitrogens with zero attached hydrogens (tertiary/aromatic N) is 3. The lowest BCUT2D eigenvalue weighted by Gasteiger charge is -2.11. The Balaban J connectivity index is 1.01.